The number of nitrogens with one attached hydrogen (secondary N) is 1. The number of hydrogen-bond donors (Lipinski definition) is 1. The van der Waals surface area contributed by atoms with E-state index >= 15 is 0 Å². The summed E-state index contributed by atoms with van der Waals surface area (Å²) >= 11 is 7.32. The van der Waals surface area contributed by atoms with E-state index in [2.05, 4.69) is 10.1 Å². The maximum atomic E-state index is 12.0. The lowest BCUT2D eigenvalue weighted by molar-refractivity contribution is 0.0600. The molecule has 1 aromatic heterocycles. The number of amides is 1. The summed E-state index contributed by atoms with van der Waals surface area (Å²) in [4.78, 5) is 25.2. The first-order valence-electron chi connectivity index (χ1n) is 5.77. The minimum atomic E-state index is -0.543. The number of thiophene rings is 1. The van der Waals surface area contributed by atoms with Crippen LogP contribution in [0.5, 0.6) is 0 Å². The van der Waals surface area contributed by atoms with Crippen LogP contribution in [0.3, 0.4) is 0 Å². The molecule has 1 heterocycles. The highest BCUT2D eigenvalue weighted by molar-refractivity contribution is 7.14. The fraction of sp³-hybridized carbons (Fsp3) is 0.143. The second-order valence-electron chi connectivity index (χ2n) is 4.05. The van der Waals surface area contributed by atoms with Gasteiger partial charge >= 0.3 is 5.97 Å². The van der Waals surface area contributed by atoms with Crippen LogP contribution >= 0.6 is 22.9 Å². The Hall–Kier alpha value is -1.85. The van der Waals surface area contributed by atoms with E-state index in [0.717, 1.165) is 4.88 Å². The predicted octanol–water partition coefficient (Wildman–Crippen LogP) is 3.75. The third kappa shape index (κ3) is 3.18. The molecule has 6 heteroatoms. The molecule has 2 aromatic rings. The van der Waals surface area contributed by atoms with Crippen molar-refractivity contribution in [2.45, 2.75) is 6.92 Å². The van der Waals surface area contributed by atoms with Gasteiger partial charge < -0.3 is 10.1 Å². The Morgan fingerprint density at radius 1 is 1.25 bits per heavy atom. The van der Waals surface area contributed by atoms with Crippen LogP contribution in [0.25, 0.3) is 0 Å². The van der Waals surface area contributed by atoms with Gasteiger partial charge in [0.15, 0.2) is 0 Å². The first-order chi connectivity index (χ1) is 9.51. The molecular weight excluding hydrogens is 298 g/mol. The van der Waals surface area contributed by atoms with Crippen LogP contribution in [0.4, 0.5) is 5.69 Å². The summed E-state index contributed by atoms with van der Waals surface area (Å²) in [5, 5.41) is 3.00. The van der Waals surface area contributed by atoms with E-state index in [4.69, 9.17) is 11.6 Å². The van der Waals surface area contributed by atoms with E-state index in [-0.39, 0.29) is 16.5 Å². The highest BCUT2D eigenvalue weighted by Gasteiger charge is 2.13. The molecular formula is C14H12ClNO3S. The van der Waals surface area contributed by atoms with E-state index < -0.39 is 5.97 Å². The number of esters is 1. The Morgan fingerprint density at radius 3 is 2.60 bits per heavy atom. The predicted molar refractivity (Wildman–Crippen MR) is 79.8 cm³/mol. The molecule has 0 spiro atoms. The van der Waals surface area contributed by atoms with Crippen LogP contribution in [0.1, 0.15) is 24.9 Å². The molecule has 0 aliphatic heterocycles. The van der Waals surface area contributed by atoms with Gasteiger partial charge in [0.25, 0.3) is 5.91 Å². The monoisotopic (exact) mass is 309 g/mol. The average molecular weight is 310 g/mol. The summed E-state index contributed by atoms with van der Waals surface area (Å²) in [5.74, 6) is -0.765. The van der Waals surface area contributed by atoms with E-state index in [1.165, 1.54) is 24.5 Å². The lowest BCUT2D eigenvalue weighted by atomic mass is 10.2. The van der Waals surface area contributed by atoms with Gasteiger partial charge in [-0.25, -0.2) is 4.79 Å². The summed E-state index contributed by atoms with van der Waals surface area (Å²) in [6.45, 7) is 1.93. The van der Waals surface area contributed by atoms with Gasteiger partial charge in [0.1, 0.15) is 0 Å². The fourth-order valence-corrected chi connectivity index (χ4v) is 2.58. The average Bonchev–Trinajstić information content (AvgIpc) is 2.87. The largest absolute Gasteiger partial charge is 0.465 e. The van der Waals surface area contributed by atoms with Crippen LogP contribution in [-0.2, 0) is 4.74 Å². The standard InChI is InChI=1S/C14H12ClNO3S/c1-8-3-6-12(20-8)13(17)16-9-4-5-11(15)10(7-9)14(18)19-2/h3-7H,1-2H3,(H,16,17). The number of carbonyl (C=O) groups is 2. The molecule has 0 aliphatic carbocycles. The van der Waals surface area contributed by atoms with Crippen molar-refractivity contribution in [3.63, 3.8) is 0 Å². The van der Waals surface area contributed by atoms with Gasteiger partial charge in [-0.05, 0) is 37.3 Å². The highest BCUT2D eigenvalue weighted by atomic mass is 35.5. The summed E-state index contributed by atoms with van der Waals surface area (Å²) in [6, 6.07) is 8.30. The maximum absolute atomic E-state index is 12.0. The van der Waals surface area contributed by atoms with Gasteiger partial charge in [-0.1, -0.05) is 11.6 Å². The van der Waals surface area contributed by atoms with Crippen LogP contribution in [0.2, 0.25) is 5.02 Å². The number of methoxy groups -OCH3 is 1. The topological polar surface area (TPSA) is 55.4 Å². The maximum Gasteiger partial charge on any atom is 0.339 e. The van der Waals surface area contributed by atoms with Gasteiger partial charge in [-0.3, -0.25) is 4.79 Å². The fourth-order valence-electron chi connectivity index (χ4n) is 1.62. The first kappa shape index (κ1) is 14.6. The molecule has 0 aliphatic rings. The molecule has 1 aromatic carbocycles. The van der Waals surface area contributed by atoms with E-state index in [0.29, 0.717) is 10.6 Å². The van der Waals surface area contributed by atoms with Crippen molar-refractivity contribution in [1.29, 1.82) is 0 Å². The Labute approximate surface area is 125 Å². The van der Waals surface area contributed by atoms with E-state index in [9.17, 15) is 9.59 Å². The van der Waals surface area contributed by atoms with Gasteiger partial charge in [0, 0.05) is 10.6 Å². The summed E-state index contributed by atoms with van der Waals surface area (Å²) in [6.07, 6.45) is 0. The smallest absolute Gasteiger partial charge is 0.339 e. The number of halogens is 1. The molecule has 4 nitrogen and oxygen atoms in total. The van der Waals surface area contributed by atoms with Crippen LogP contribution in [0, 0.1) is 6.92 Å². The molecule has 104 valence electrons. The Kier molecular flexibility index (Phi) is 4.42. The Morgan fingerprint density at radius 2 is 2.00 bits per heavy atom. The molecule has 1 N–H and O–H groups in total. The third-order valence-corrected chi connectivity index (χ3v) is 3.92. The number of hydrogen-bond acceptors (Lipinski definition) is 4. The lowest BCUT2D eigenvalue weighted by Crippen LogP contribution is -2.11. The van der Waals surface area contributed by atoms with Crippen LogP contribution in [-0.4, -0.2) is 19.0 Å². The number of rotatable bonds is 3. The Balaban J connectivity index is 2.22. The van der Waals surface area contributed by atoms with Crippen molar-refractivity contribution in [2.24, 2.45) is 0 Å². The molecule has 0 radical (unpaired) electrons. The highest BCUT2D eigenvalue weighted by Crippen LogP contribution is 2.23. The molecule has 20 heavy (non-hydrogen) atoms. The van der Waals surface area contributed by atoms with E-state index in [1.54, 1.807) is 18.2 Å². The first-order valence-corrected chi connectivity index (χ1v) is 6.96. The number of anilines is 1. The molecule has 2 rings (SSSR count). The quantitative estimate of drug-likeness (QED) is 0.879. The zero-order chi connectivity index (χ0) is 14.7. The number of aryl methyl sites for hydroxylation is 1. The molecule has 0 unspecified atom stereocenters. The SMILES string of the molecule is COC(=O)c1cc(NC(=O)c2ccc(C)s2)ccc1Cl. The van der Waals surface area contributed by atoms with Gasteiger partial charge in [-0.2, -0.15) is 0 Å². The molecule has 0 saturated heterocycles. The normalized spacial score (nSPS) is 10.2. The van der Waals surface area contributed by atoms with Crippen LogP contribution < -0.4 is 5.32 Å². The van der Waals surface area contributed by atoms with Crippen molar-refractivity contribution in [3.8, 4) is 0 Å². The zero-order valence-electron chi connectivity index (χ0n) is 10.9. The minimum absolute atomic E-state index is 0.217. The van der Waals surface area contributed by atoms with Crippen LogP contribution in [0.15, 0.2) is 30.3 Å². The van der Waals surface area contributed by atoms with Crippen molar-refractivity contribution in [3.05, 3.63) is 50.7 Å². The van der Waals surface area contributed by atoms with Crippen molar-refractivity contribution >= 4 is 40.5 Å². The number of carbonyl (C=O) groups excluding carboxylic acids is 2. The molecule has 0 fully saturated rings. The second kappa shape index (κ2) is 6.07. The molecule has 0 saturated carbocycles. The van der Waals surface area contributed by atoms with Gasteiger partial charge in [-0.15, -0.1) is 11.3 Å². The summed E-state index contributed by atoms with van der Waals surface area (Å²) in [5.41, 5.74) is 0.708. The molecule has 0 bridgehead atoms. The summed E-state index contributed by atoms with van der Waals surface area (Å²) in [7, 11) is 1.28. The third-order valence-electron chi connectivity index (χ3n) is 2.59. The summed E-state index contributed by atoms with van der Waals surface area (Å²) < 4.78 is 4.63. The van der Waals surface area contributed by atoms with Crippen molar-refractivity contribution in [2.75, 3.05) is 12.4 Å². The zero-order valence-corrected chi connectivity index (χ0v) is 12.5. The van der Waals surface area contributed by atoms with Gasteiger partial charge in [0.05, 0.1) is 22.6 Å². The van der Waals surface area contributed by atoms with E-state index in [1.807, 2.05) is 13.0 Å². The van der Waals surface area contributed by atoms with Crippen molar-refractivity contribution in [1.82, 2.24) is 0 Å². The lowest BCUT2D eigenvalue weighted by Gasteiger charge is -2.07. The second-order valence-corrected chi connectivity index (χ2v) is 5.75. The van der Waals surface area contributed by atoms with Crippen molar-refractivity contribution < 1.29 is 14.3 Å². The van der Waals surface area contributed by atoms with Gasteiger partial charge in [0.2, 0.25) is 0 Å². The number of benzene rings is 1. The molecule has 1 amide bonds. The minimum Gasteiger partial charge on any atom is -0.465 e. The Bertz CT molecular complexity index is 666. The molecule has 0 atom stereocenters. The number of ether oxygens (including phenoxy) is 1.